The molecular formula is C25H39IN6O. The number of aliphatic hydroxyl groups excluding tert-OH is 1. The first-order valence-corrected chi connectivity index (χ1v) is 12.1. The summed E-state index contributed by atoms with van der Waals surface area (Å²) in [6.07, 6.45) is 8.67. The molecule has 4 rings (SSSR count). The van der Waals surface area contributed by atoms with Gasteiger partial charge >= 0.3 is 0 Å². The highest BCUT2D eigenvalue weighted by atomic mass is 127. The third-order valence-electron chi connectivity index (χ3n) is 6.86. The van der Waals surface area contributed by atoms with Crippen LogP contribution < -0.4 is 5.32 Å². The topological polar surface area (TPSA) is 68.9 Å². The Kier molecular flexibility index (Phi) is 10.0. The number of benzene rings is 1. The summed E-state index contributed by atoms with van der Waals surface area (Å²) in [4.78, 5) is 14.0. The van der Waals surface area contributed by atoms with Gasteiger partial charge < -0.3 is 19.9 Å². The third-order valence-corrected chi connectivity index (χ3v) is 6.86. The van der Waals surface area contributed by atoms with E-state index in [1.165, 1.54) is 11.1 Å². The molecule has 2 unspecified atom stereocenters. The molecule has 2 aromatic rings. The number of hydrogen-bond acceptors (Lipinski definition) is 4. The lowest BCUT2D eigenvalue weighted by Gasteiger charge is -2.39. The van der Waals surface area contributed by atoms with Crippen molar-refractivity contribution in [2.45, 2.75) is 58.3 Å². The Balaban J connectivity index is 0.00000306. The minimum Gasteiger partial charge on any atom is -0.393 e. The van der Waals surface area contributed by atoms with Crippen molar-refractivity contribution in [2.75, 3.05) is 32.7 Å². The fourth-order valence-electron chi connectivity index (χ4n) is 4.77. The van der Waals surface area contributed by atoms with Crippen LogP contribution in [0.2, 0.25) is 0 Å². The van der Waals surface area contributed by atoms with Crippen LogP contribution in [0.5, 0.6) is 0 Å². The molecular weight excluding hydrogens is 527 g/mol. The lowest BCUT2D eigenvalue weighted by molar-refractivity contribution is 0.0792. The van der Waals surface area contributed by atoms with Gasteiger partial charge in [0.15, 0.2) is 5.96 Å². The highest BCUT2D eigenvalue weighted by Crippen LogP contribution is 2.27. The zero-order chi connectivity index (χ0) is 22.3. The highest BCUT2D eigenvalue weighted by Gasteiger charge is 2.28. The molecule has 0 radical (unpaired) electrons. The number of hydrogen-bond donors (Lipinski definition) is 2. The Hall–Kier alpha value is -1.65. The van der Waals surface area contributed by atoms with E-state index in [0.29, 0.717) is 18.5 Å². The van der Waals surface area contributed by atoms with Gasteiger partial charge in [-0.25, -0.2) is 9.98 Å². The summed E-state index contributed by atoms with van der Waals surface area (Å²) < 4.78 is 2.24. The monoisotopic (exact) mass is 566 g/mol. The number of piperidine rings is 2. The van der Waals surface area contributed by atoms with Crippen LogP contribution in [-0.4, -0.2) is 69.2 Å². The number of nitrogens with zero attached hydrogens (tertiary/aromatic N) is 5. The number of imidazole rings is 1. The van der Waals surface area contributed by atoms with Crippen LogP contribution in [0.3, 0.4) is 0 Å². The molecule has 1 aromatic heterocycles. The first-order valence-electron chi connectivity index (χ1n) is 12.1. The van der Waals surface area contributed by atoms with Gasteiger partial charge in [-0.1, -0.05) is 31.2 Å². The number of aromatic nitrogens is 2. The average Bonchev–Trinajstić information content (AvgIpc) is 3.34. The maximum Gasteiger partial charge on any atom is 0.194 e. The van der Waals surface area contributed by atoms with E-state index in [1.807, 2.05) is 12.5 Å². The Labute approximate surface area is 215 Å². The molecule has 2 saturated heterocycles. The fourth-order valence-corrected chi connectivity index (χ4v) is 4.77. The Morgan fingerprint density at radius 1 is 1.12 bits per heavy atom. The predicted molar refractivity (Wildman–Crippen MR) is 144 cm³/mol. The molecule has 33 heavy (non-hydrogen) atoms. The van der Waals surface area contributed by atoms with Gasteiger partial charge in [0, 0.05) is 51.7 Å². The van der Waals surface area contributed by atoms with Crippen molar-refractivity contribution in [3.8, 4) is 0 Å². The van der Waals surface area contributed by atoms with E-state index in [1.54, 1.807) is 0 Å². The summed E-state index contributed by atoms with van der Waals surface area (Å²) in [6, 6.07) is 9.27. The Morgan fingerprint density at radius 3 is 2.52 bits per heavy atom. The summed E-state index contributed by atoms with van der Waals surface area (Å²) in [5, 5.41) is 13.2. The lowest BCUT2D eigenvalue weighted by atomic mass is 9.93. The molecule has 0 saturated carbocycles. The van der Waals surface area contributed by atoms with E-state index in [2.05, 4.69) is 69.0 Å². The zero-order valence-electron chi connectivity index (χ0n) is 19.9. The van der Waals surface area contributed by atoms with Crippen molar-refractivity contribution in [3.63, 3.8) is 0 Å². The van der Waals surface area contributed by atoms with Gasteiger partial charge in [0.05, 0.1) is 25.0 Å². The van der Waals surface area contributed by atoms with Crippen LogP contribution in [0.4, 0.5) is 0 Å². The van der Waals surface area contributed by atoms with Crippen LogP contribution in [0.1, 0.15) is 50.3 Å². The molecule has 0 aliphatic carbocycles. The number of likely N-dealkylation sites (tertiary alicyclic amines) is 2. The molecule has 2 atom stereocenters. The van der Waals surface area contributed by atoms with Gasteiger partial charge in [0.1, 0.15) is 0 Å². The molecule has 0 amide bonds. The Morgan fingerprint density at radius 2 is 1.85 bits per heavy atom. The standard InChI is InChI=1S/C25H38N6O.HI/c1-3-27-25(30-14-8-20(2)24(18-30)31-15-11-26-19-31)28-16-21-4-6-22(7-5-21)17-29-12-9-23(32)10-13-29;/h4-7,11,15,19-20,23-24,32H,3,8-10,12-14,16-18H2,1-2H3,(H,27,28);1H. The molecule has 0 bridgehead atoms. The zero-order valence-corrected chi connectivity index (χ0v) is 22.3. The van der Waals surface area contributed by atoms with Gasteiger partial charge in [-0.15, -0.1) is 24.0 Å². The summed E-state index contributed by atoms with van der Waals surface area (Å²) in [5.41, 5.74) is 2.56. The molecule has 182 valence electrons. The van der Waals surface area contributed by atoms with Crippen molar-refractivity contribution in [3.05, 3.63) is 54.1 Å². The van der Waals surface area contributed by atoms with Crippen LogP contribution >= 0.6 is 24.0 Å². The molecule has 2 fully saturated rings. The fraction of sp³-hybridized carbons (Fsp3) is 0.600. The van der Waals surface area contributed by atoms with Gasteiger partial charge in [-0.3, -0.25) is 4.90 Å². The van der Waals surface area contributed by atoms with E-state index in [9.17, 15) is 5.11 Å². The minimum absolute atomic E-state index is 0. The average molecular weight is 567 g/mol. The predicted octanol–water partition coefficient (Wildman–Crippen LogP) is 3.51. The summed E-state index contributed by atoms with van der Waals surface area (Å²) >= 11 is 0. The van der Waals surface area contributed by atoms with E-state index < -0.39 is 0 Å². The van der Waals surface area contributed by atoms with Crippen molar-refractivity contribution >= 4 is 29.9 Å². The lowest BCUT2D eigenvalue weighted by Crippen LogP contribution is -2.49. The number of aliphatic hydroxyl groups is 1. The van der Waals surface area contributed by atoms with E-state index >= 15 is 0 Å². The first kappa shape index (κ1) is 26.0. The smallest absolute Gasteiger partial charge is 0.194 e. The maximum absolute atomic E-state index is 9.69. The number of rotatable bonds is 6. The van der Waals surface area contributed by atoms with E-state index in [4.69, 9.17) is 4.99 Å². The van der Waals surface area contributed by atoms with Crippen molar-refractivity contribution in [2.24, 2.45) is 10.9 Å². The maximum atomic E-state index is 9.69. The molecule has 0 spiro atoms. The summed E-state index contributed by atoms with van der Waals surface area (Å²) in [6.45, 7) is 10.9. The van der Waals surface area contributed by atoms with Crippen molar-refractivity contribution in [1.29, 1.82) is 0 Å². The van der Waals surface area contributed by atoms with E-state index in [0.717, 1.165) is 64.5 Å². The largest absolute Gasteiger partial charge is 0.393 e. The molecule has 2 aliphatic rings. The molecule has 3 heterocycles. The van der Waals surface area contributed by atoms with E-state index in [-0.39, 0.29) is 30.1 Å². The first-order chi connectivity index (χ1) is 15.6. The summed E-state index contributed by atoms with van der Waals surface area (Å²) in [7, 11) is 0. The van der Waals surface area contributed by atoms with Crippen molar-refractivity contribution < 1.29 is 5.11 Å². The molecule has 8 heteroatoms. The molecule has 7 nitrogen and oxygen atoms in total. The molecule has 1 aromatic carbocycles. The van der Waals surface area contributed by atoms with Crippen LogP contribution in [-0.2, 0) is 13.1 Å². The second-order valence-corrected chi connectivity index (χ2v) is 9.28. The van der Waals surface area contributed by atoms with Gasteiger partial charge in [0.2, 0.25) is 0 Å². The minimum atomic E-state index is -0.115. The number of nitrogens with one attached hydrogen (secondary N) is 1. The Bertz CT molecular complexity index is 848. The second-order valence-electron chi connectivity index (χ2n) is 9.28. The van der Waals surface area contributed by atoms with Gasteiger partial charge in [0.25, 0.3) is 0 Å². The number of guanidine groups is 1. The SMILES string of the molecule is CCNC(=NCc1ccc(CN2CCC(O)CC2)cc1)N1CCC(C)C(n2ccnc2)C1.I. The van der Waals surface area contributed by atoms with Crippen LogP contribution in [0.25, 0.3) is 0 Å². The van der Waals surface area contributed by atoms with Crippen LogP contribution in [0, 0.1) is 5.92 Å². The number of aliphatic imine (C=N–C) groups is 1. The normalized spacial score (nSPS) is 22.8. The third kappa shape index (κ3) is 7.16. The number of halogens is 1. The van der Waals surface area contributed by atoms with Crippen LogP contribution in [0.15, 0.2) is 48.0 Å². The quantitative estimate of drug-likeness (QED) is 0.319. The molecule has 2 aliphatic heterocycles. The van der Waals surface area contributed by atoms with Gasteiger partial charge in [-0.05, 0) is 43.2 Å². The van der Waals surface area contributed by atoms with Gasteiger partial charge in [-0.2, -0.15) is 0 Å². The molecule has 2 N–H and O–H groups in total. The van der Waals surface area contributed by atoms with Crippen molar-refractivity contribution in [1.82, 2.24) is 24.7 Å². The second kappa shape index (κ2) is 12.7. The highest BCUT2D eigenvalue weighted by molar-refractivity contribution is 14.0. The summed E-state index contributed by atoms with van der Waals surface area (Å²) in [5.74, 6) is 1.62.